The molecule has 0 radical (unpaired) electrons. The van der Waals surface area contributed by atoms with E-state index >= 15 is 0 Å². The summed E-state index contributed by atoms with van der Waals surface area (Å²) in [5.74, 6) is -0.596. The van der Waals surface area contributed by atoms with E-state index in [0.29, 0.717) is 5.69 Å². The maximum absolute atomic E-state index is 12.5. The van der Waals surface area contributed by atoms with Crippen LogP contribution < -0.4 is 10.1 Å². The molecular weight excluding hydrogens is 392 g/mol. The van der Waals surface area contributed by atoms with Crippen LogP contribution in [0.5, 0.6) is 5.75 Å². The van der Waals surface area contributed by atoms with Crippen molar-refractivity contribution in [2.45, 2.75) is 45.9 Å². The molecule has 1 atom stereocenters. The normalized spacial score (nSPS) is 16.5. The minimum absolute atomic E-state index is 0.0160. The molecule has 1 fully saturated rings. The Bertz CT molecular complexity index is 969. The second-order valence-electron chi connectivity index (χ2n) is 7.10. The number of nitriles is 1. The van der Waals surface area contributed by atoms with Crippen molar-refractivity contribution >= 4 is 17.7 Å². The number of aryl methyl sites for hydroxylation is 1. The van der Waals surface area contributed by atoms with E-state index < -0.39 is 12.5 Å². The van der Waals surface area contributed by atoms with Crippen LogP contribution in [0.15, 0.2) is 35.9 Å². The number of hydrogen-bond donors (Lipinski definition) is 1. The first kappa shape index (κ1) is 21.5. The molecule has 1 amide bonds. The number of nitrogens with one attached hydrogen (secondary N) is 1. The van der Waals surface area contributed by atoms with Crippen LogP contribution in [-0.4, -0.2) is 29.8 Å². The van der Waals surface area contributed by atoms with Crippen molar-refractivity contribution in [1.29, 1.82) is 5.26 Å². The van der Waals surface area contributed by atoms with Gasteiger partial charge >= 0.3 is 6.61 Å². The lowest BCUT2D eigenvalue weighted by Crippen LogP contribution is -2.17. The highest BCUT2D eigenvalue weighted by atomic mass is 19.3. The molecule has 3 rings (SSSR count). The second-order valence-corrected chi connectivity index (χ2v) is 7.10. The number of amides is 1. The van der Waals surface area contributed by atoms with Gasteiger partial charge in [-0.25, -0.2) is 0 Å². The van der Waals surface area contributed by atoms with E-state index in [9.17, 15) is 18.8 Å². The van der Waals surface area contributed by atoms with Gasteiger partial charge in [0.05, 0.1) is 6.10 Å². The van der Waals surface area contributed by atoms with Crippen molar-refractivity contribution in [3.63, 3.8) is 0 Å². The number of anilines is 1. The average Bonchev–Trinajstić information content (AvgIpc) is 3.31. The van der Waals surface area contributed by atoms with Crippen molar-refractivity contribution in [2.75, 3.05) is 11.9 Å². The highest BCUT2D eigenvalue weighted by molar-refractivity contribution is 6.09. The van der Waals surface area contributed by atoms with Gasteiger partial charge in [-0.05, 0) is 68.7 Å². The number of aromatic nitrogens is 1. The van der Waals surface area contributed by atoms with Gasteiger partial charge in [0.25, 0.3) is 5.91 Å². The number of hydrogen-bond acceptors (Lipinski definition) is 4. The average molecular weight is 415 g/mol. The zero-order valence-corrected chi connectivity index (χ0v) is 16.8. The van der Waals surface area contributed by atoms with Crippen LogP contribution in [0.4, 0.5) is 14.5 Å². The van der Waals surface area contributed by atoms with Crippen LogP contribution in [0, 0.1) is 25.2 Å². The van der Waals surface area contributed by atoms with Gasteiger partial charge in [0, 0.05) is 30.2 Å². The van der Waals surface area contributed by atoms with Crippen LogP contribution in [0.3, 0.4) is 0 Å². The molecule has 1 aromatic heterocycles. The molecule has 0 spiro atoms. The minimum Gasteiger partial charge on any atom is -0.435 e. The predicted octanol–water partition coefficient (Wildman–Crippen LogP) is 4.43. The fourth-order valence-electron chi connectivity index (χ4n) is 3.47. The summed E-state index contributed by atoms with van der Waals surface area (Å²) in [5.41, 5.74) is 3.09. The van der Waals surface area contributed by atoms with Crippen molar-refractivity contribution in [3.05, 3.63) is 52.9 Å². The van der Waals surface area contributed by atoms with Gasteiger partial charge in [0.2, 0.25) is 0 Å². The number of halogens is 2. The first-order valence-electron chi connectivity index (χ1n) is 9.63. The van der Waals surface area contributed by atoms with E-state index in [1.54, 1.807) is 6.08 Å². The molecule has 2 aromatic rings. The van der Waals surface area contributed by atoms with E-state index in [0.717, 1.165) is 42.9 Å². The van der Waals surface area contributed by atoms with E-state index in [-0.39, 0.29) is 17.4 Å². The standard InChI is InChI=1S/C22H23F2N3O3/c1-14-10-16(15(2)27(14)13-20-4-3-9-29-20)11-17(12-25)21(28)26-18-5-7-19(8-6-18)30-22(23)24/h5-8,10-11,20,22H,3-4,9,13H2,1-2H3,(H,26,28)/b17-11+/t20-/m1/s1. The van der Waals surface area contributed by atoms with Gasteiger partial charge in [-0.2, -0.15) is 14.0 Å². The zero-order valence-electron chi connectivity index (χ0n) is 16.8. The number of nitrogens with zero attached hydrogens (tertiary/aromatic N) is 2. The molecule has 1 aliphatic heterocycles. The van der Waals surface area contributed by atoms with Crippen molar-refractivity contribution in [3.8, 4) is 11.8 Å². The predicted molar refractivity (Wildman–Crippen MR) is 108 cm³/mol. The maximum atomic E-state index is 12.5. The molecule has 1 saturated heterocycles. The van der Waals surface area contributed by atoms with Crippen LogP contribution in [0.1, 0.15) is 29.8 Å². The highest BCUT2D eigenvalue weighted by Crippen LogP contribution is 2.23. The number of carbonyl (C=O) groups is 1. The molecule has 30 heavy (non-hydrogen) atoms. The first-order valence-corrected chi connectivity index (χ1v) is 9.63. The van der Waals surface area contributed by atoms with Crippen molar-refractivity contribution in [1.82, 2.24) is 4.57 Å². The van der Waals surface area contributed by atoms with Gasteiger partial charge in [-0.1, -0.05) is 0 Å². The molecule has 0 bridgehead atoms. The summed E-state index contributed by atoms with van der Waals surface area (Å²) >= 11 is 0. The topological polar surface area (TPSA) is 76.3 Å². The van der Waals surface area contributed by atoms with E-state index in [2.05, 4.69) is 14.6 Å². The summed E-state index contributed by atoms with van der Waals surface area (Å²) in [6, 6.07) is 9.35. The second kappa shape index (κ2) is 9.55. The lowest BCUT2D eigenvalue weighted by atomic mass is 10.1. The third-order valence-electron chi connectivity index (χ3n) is 5.03. The van der Waals surface area contributed by atoms with Gasteiger partial charge in [-0.3, -0.25) is 4.79 Å². The molecule has 2 heterocycles. The Balaban J connectivity index is 1.73. The van der Waals surface area contributed by atoms with Gasteiger partial charge < -0.3 is 19.4 Å². The Morgan fingerprint density at radius 2 is 2.13 bits per heavy atom. The van der Waals surface area contributed by atoms with E-state index in [1.165, 1.54) is 24.3 Å². The molecule has 0 aliphatic carbocycles. The van der Waals surface area contributed by atoms with Gasteiger partial charge in [-0.15, -0.1) is 0 Å². The minimum atomic E-state index is -2.92. The monoisotopic (exact) mass is 415 g/mol. The molecule has 8 heteroatoms. The van der Waals surface area contributed by atoms with Crippen molar-refractivity contribution in [2.24, 2.45) is 0 Å². The van der Waals surface area contributed by atoms with E-state index in [4.69, 9.17) is 4.74 Å². The maximum Gasteiger partial charge on any atom is 0.387 e. The summed E-state index contributed by atoms with van der Waals surface area (Å²) in [7, 11) is 0. The zero-order chi connectivity index (χ0) is 21.7. The van der Waals surface area contributed by atoms with Crippen LogP contribution in [0.25, 0.3) is 6.08 Å². The van der Waals surface area contributed by atoms with Crippen molar-refractivity contribution < 1.29 is 23.0 Å². The fraction of sp³-hybridized carbons (Fsp3) is 0.364. The smallest absolute Gasteiger partial charge is 0.387 e. The summed E-state index contributed by atoms with van der Waals surface area (Å²) < 4.78 is 36.6. The van der Waals surface area contributed by atoms with Gasteiger partial charge in [0.1, 0.15) is 17.4 Å². The summed E-state index contributed by atoms with van der Waals surface area (Å²) in [6.07, 6.45) is 3.82. The molecule has 1 aromatic carbocycles. The number of carbonyl (C=O) groups excluding carboxylic acids is 1. The quantitative estimate of drug-likeness (QED) is 0.536. The molecule has 0 unspecified atom stereocenters. The molecule has 0 saturated carbocycles. The largest absolute Gasteiger partial charge is 0.435 e. The first-order chi connectivity index (χ1) is 14.4. The highest BCUT2D eigenvalue weighted by Gasteiger charge is 2.19. The Morgan fingerprint density at radius 3 is 2.73 bits per heavy atom. The lowest BCUT2D eigenvalue weighted by molar-refractivity contribution is -0.112. The number of rotatable bonds is 7. The summed E-state index contributed by atoms with van der Waals surface area (Å²) in [4.78, 5) is 12.5. The number of benzene rings is 1. The van der Waals surface area contributed by atoms with Crippen LogP contribution >= 0.6 is 0 Å². The molecule has 158 valence electrons. The Labute approximate surface area is 173 Å². The third-order valence-corrected chi connectivity index (χ3v) is 5.03. The van der Waals surface area contributed by atoms with Crippen LogP contribution in [-0.2, 0) is 16.1 Å². The lowest BCUT2D eigenvalue weighted by Gasteiger charge is -2.14. The third kappa shape index (κ3) is 5.24. The summed E-state index contributed by atoms with van der Waals surface area (Å²) in [5, 5.41) is 12.1. The molecule has 6 nitrogen and oxygen atoms in total. The molecular formula is C22H23F2N3O3. The Kier molecular flexibility index (Phi) is 6.85. The van der Waals surface area contributed by atoms with Crippen LogP contribution in [0.2, 0.25) is 0 Å². The van der Waals surface area contributed by atoms with Gasteiger partial charge in [0.15, 0.2) is 0 Å². The summed E-state index contributed by atoms with van der Waals surface area (Å²) in [6.45, 7) is 2.53. The fourth-order valence-corrected chi connectivity index (χ4v) is 3.47. The SMILES string of the molecule is Cc1cc(/C=C(\C#N)C(=O)Nc2ccc(OC(F)F)cc2)c(C)n1C[C@H]1CCCO1. The molecule has 1 N–H and O–H groups in total. The number of alkyl halides is 2. The Morgan fingerprint density at radius 1 is 1.40 bits per heavy atom. The van der Waals surface area contributed by atoms with E-state index in [1.807, 2.05) is 26.0 Å². The Hall–Kier alpha value is -3.18. The molecule has 1 aliphatic rings. The number of ether oxygens (including phenoxy) is 2.